The lowest BCUT2D eigenvalue weighted by molar-refractivity contribution is 0.268. The summed E-state index contributed by atoms with van der Waals surface area (Å²) in [7, 11) is 0. The highest BCUT2D eigenvalue weighted by Crippen LogP contribution is 2.10. The van der Waals surface area contributed by atoms with E-state index in [-0.39, 0.29) is 12.3 Å². The van der Waals surface area contributed by atoms with Gasteiger partial charge in [-0.3, -0.25) is 4.40 Å². The second-order valence-corrected chi connectivity index (χ2v) is 2.44. The summed E-state index contributed by atoms with van der Waals surface area (Å²) in [6.45, 7) is -0.320. The molecule has 0 saturated carbocycles. The lowest BCUT2D eigenvalue weighted by Gasteiger charge is -2.02. The molecule has 62 valence electrons. The average molecular weight is 166 g/mol. The molecule has 4 heteroatoms. The predicted octanol–water partition coefficient (Wildman–Crippen LogP) is 0.966. The van der Waals surface area contributed by atoms with E-state index in [4.69, 9.17) is 5.11 Å². The van der Waals surface area contributed by atoms with Crippen LogP contribution < -0.4 is 0 Å². The number of imidazole rings is 1. The van der Waals surface area contributed by atoms with Gasteiger partial charge in [-0.25, -0.2) is 9.37 Å². The number of pyridine rings is 1. The fraction of sp³-hybridized carbons (Fsp3) is 0.125. The molecule has 2 rings (SSSR count). The number of halogens is 1. The summed E-state index contributed by atoms with van der Waals surface area (Å²) in [6.07, 6.45) is 3.18. The van der Waals surface area contributed by atoms with Crippen LogP contribution in [0.2, 0.25) is 0 Å². The standard InChI is InChI=1S/C8H7FN2O/c9-6-1-2-8-10-3-4-11(8)7(6)5-12/h1-4,12H,5H2. The number of fused-ring (bicyclic) bond motifs is 1. The Morgan fingerprint density at radius 1 is 1.50 bits per heavy atom. The van der Waals surface area contributed by atoms with E-state index in [0.29, 0.717) is 5.65 Å². The summed E-state index contributed by atoms with van der Waals surface area (Å²) in [5.41, 5.74) is 0.880. The van der Waals surface area contributed by atoms with E-state index in [1.54, 1.807) is 18.5 Å². The van der Waals surface area contributed by atoms with E-state index >= 15 is 0 Å². The van der Waals surface area contributed by atoms with Gasteiger partial charge >= 0.3 is 0 Å². The highest BCUT2D eigenvalue weighted by molar-refractivity contribution is 5.40. The van der Waals surface area contributed by atoms with Gasteiger partial charge < -0.3 is 5.11 Å². The van der Waals surface area contributed by atoms with Gasteiger partial charge in [0.1, 0.15) is 11.5 Å². The summed E-state index contributed by atoms with van der Waals surface area (Å²) in [6, 6.07) is 2.86. The Morgan fingerprint density at radius 2 is 2.33 bits per heavy atom. The molecule has 0 aliphatic carbocycles. The van der Waals surface area contributed by atoms with Gasteiger partial charge in [-0.2, -0.15) is 0 Å². The zero-order chi connectivity index (χ0) is 8.55. The van der Waals surface area contributed by atoms with E-state index in [2.05, 4.69) is 4.98 Å². The first-order chi connectivity index (χ1) is 5.83. The van der Waals surface area contributed by atoms with E-state index in [9.17, 15) is 4.39 Å². The third-order valence-electron chi connectivity index (χ3n) is 1.76. The Hall–Kier alpha value is -1.42. The van der Waals surface area contributed by atoms with Crippen molar-refractivity contribution in [3.63, 3.8) is 0 Å². The van der Waals surface area contributed by atoms with Crippen LogP contribution >= 0.6 is 0 Å². The van der Waals surface area contributed by atoms with Crippen LogP contribution in [0.3, 0.4) is 0 Å². The van der Waals surface area contributed by atoms with E-state index in [0.717, 1.165) is 0 Å². The molecular formula is C8H7FN2O. The molecule has 0 aliphatic rings. The number of rotatable bonds is 1. The number of hydrogen-bond acceptors (Lipinski definition) is 2. The van der Waals surface area contributed by atoms with E-state index < -0.39 is 5.82 Å². The van der Waals surface area contributed by atoms with E-state index in [1.165, 1.54) is 10.5 Å². The van der Waals surface area contributed by atoms with Gasteiger partial charge in [-0.15, -0.1) is 0 Å². The third kappa shape index (κ3) is 0.887. The van der Waals surface area contributed by atoms with Gasteiger partial charge in [-0.1, -0.05) is 0 Å². The molecule has 0 aliphatic heterocycles. The van der Waals surface area contributed by atoms with Gasteiger partial charge in [0.15, 0.2) is 0 Å². The molecule has 0 radical (unpaired) electrons. The molecule has 2 heterocycles. The maximum atomic E-state index is 13.0. The fourth-order valence-electron chi connectivity index (χ4n) is 1.18. The zero-order valence-electron chi connectivity index (χ0n) is 6.24. The minimum Gasteiger partial charge on any atom is -0.390 e. The topological polar surface area (TPSA) is 37.5 Å². The summed E-state index contributed by atoms with van der Waals surface area (Å²) in [5.74, 6) is -0.414. The Kier molecular flexibility index (Phi) is 1.55. The fourth-order valence-corrected chi connectivity index (χ4v) is 1.18. The highest BCUT2D eigenvalue weighted by atomic mass is 19.1. The van der Waals surface area contributed by atoms with Gasteiger partial charge in [0.2, 0.25) is 0 Å². The number of aliphatic hydroxyl groups is 1. The summed E-state index contributed by atoms with van der Waals surface area (Å²) in [5, 5.41) is 8.85. The molecule has 0 unspecified atom stereocenters. The average Bonchev–Trinajstić information content (AvgIpc) is 2.52. The Bertz CT molecular complexity index is 410. The molecular weight excluding hydrogens is 159 g/mol. The molecule has 0 spiro atoms. The molecule has 0 amide bonds. The number of nitrogens with zero attached hydrogens (tertiary/aromatic N) is 2. The Balaban J connectivity index is 2.83. The normalized spacial score (nSPS) is 10.8. The largest absolute Gasteiger partial charge is 0.390 e. The van der Waals surface area contributed by atoms with Crippen molar-refractivity contribution in [2.45, 2.75) is 6.61 Å². The van der Waals surface area contributed by atoms with Crippen molar-refractivity contribution in [1.82, 2.24) is 9.38 Å². The molecule has 0 saturated heterocycles. The van der Waals surface area contributed by atoms with Crippen molar-refractivity contribution >= 4 is 5.65 Å². The molecule has 0 atom stereocenters. The first-order valence-electron chi connectivity index (χ1n) is 3.54. The van der Waals surface area contributed by atoms with Gasteiger partial charge in [0.05, 0.1) is 12.3 Å². The first kappa shape index (κ1) is 7.24. The number of aromatic nitrogens is 2. The van der Waals surface area contributed by atoms with Crippen molar-refractivity contribution in [3.05, 3.63) is 36.0 Å². The second-order valence-electron chi connectivity index (χ2n) is 2.44. The third-order valence-corrected chi connectivity index (χ3v) is 1.76. The lowest BCUT2D eigenvalue weighted by atomic mass is 10.3. The summed E-state index contributed by atoms with van der Waals surface area (Å²) < 4.78 is 14.5. The molecule has 2 aromatic heterocycles. The van der Waals surface area contributed by atoms with Crippen molar-refractivity contribution in [3.8, 4) is 0 Å². The minimum atomic E-state index is -0.414. The summed E-state index contributed by atoms with van der Waals surface area (Å²) in [4.78, 5) is 3.95. The van der Waals surface area contributed by atoms with Crippen LogP contribution in [0.4, 0.5) is 4.39 Å². The maximum Gasteiger partial charge on any atom is 0.145 e. The summed E-state index contributed by atoms with van der Waals surface area (Å²) >= 11 is 0. The predicted molar refractivity (Wildman–Crippen MR) is 41.1 cm³/mol. The van der Waals surface area contributed by atoms with Crippen molar-refractivity contribution in [2.24, 2.45) is 0 Å². The SMILES string of the molecule is OCc1c(F)ccc2nccn12. The Labute approximate surface area is 68.1 Å². The second kappa shape index (κ2) is 2.57. The van der Waals surface area contributed by atoms with Crippen LogP contribution in [0.1, 0.15) is 5.69 Å². The van der Waals surface area contributed by atoms with Crippen LogP contribution in [0, 0.1) is 5.82 Å². The lowest BCUT2D eigenvalue weighted by Crippen LogP contribution is -1.99. The monoisotopic (exact) mass is 166 g/mol. The van der Waals surface area contributed by atoms with Crippen LogP contribution in [-0.4, -0.2) is 14.5 Å². The molecule has 0 fully saturated rings. The Morgan fingerprint density at radius 3 is 3.08 bits per heavy atom. The van der Waals surface area contributed by atoms with Crippen molar-refractivity contribution in [2.75, 3.05) is 0 Å². The highest BCUT2D eigenvalue weighted by Gasteiger charge is 2.05. The van der Waals surface area contributed by atoms with Crippen LogP contribution in [0.15, 0.2) is 24.5 Å². The van der Waals surface area contributed by atoms with Gasteiger partial charge in [0, 0.05) is 12.4 Å². The zero-order valence-corrected chi connectivity index (χ0v) is 6.24. The minimum absolute atomic E-state index is 0.241. The molecule has 1 N–H and O–H groups in total. The molecule has 2 aromatic rings. The van der Waals surface area contributed by atoms with Crippen molar-refractivity contribution < 1.29 is 9.50 Å². The van der Waals surface area contributed by atoms with Crippen LogP contribution in [0.5, 0.6) is 0 Å². The first-order valence-corrected chi connectivity index (χ1v) is 3.54. The van der Waals surface area contributed by atoms with Crippen LogP contribution in [0.25, 0.3) is 5.65 Å². The number of hydrogen-bond donors (Lipinski definition) is 1. The van der Waals surface area contributed by atoms with Crippen molar-refractivity contribution in [1.29, 1.82) is 0 Å². The molecule has 0 aromatic carbocycles. The smallest absolute Gasteiger partial charge is 0.145 e. The molecule has 3 nitrogen and oxygen atoms in total. The van der Waals surface area contributed by atoms with Gasteiger partial charge in [0.25, 0.3) is 0 Å². The molecule has 0 bridgehead atoms. The molecule has 12 heavy (non-hydrogen) atoms. The quantitative estimate of drug-likeness (QED) is 0.685. The van der Waals surface area contributed by atoms with Gasteiger partial charge in [-0.05, 0) is 12.1 Å². The number of aliphatic hydroxyl groups excluding tert-OH is 1. The van der Waals surface area contributed by atoms with Crippen LogP contribution in [-0.2, 0) is 6.61 Å². The maximum absolute atomic E-state index is 13.0. The van der Waals surface area contributed by atoms with E-state index in [1.807, 2.05) is 0 Å².